The van der Waals surface area contributed by atoms with E-state index in [0.29, 0.717) is 17.8 Å². The van der Waals surface area contributed by atoms with Crippen LogP contribution in [-0.2, 0) is 11.3 Å². The minimum absolute atomic E-state index is 0.000315. The molecular weight excluding hydrogens is 246 g/mol. The van der Waals surface area contributed by atoms with Gasteiger partial charge in [0.25, 0.3) is 0 Å². The van der Waals surface area contributed by atoms with Crippen molar-refractivity contribution in [1.29, 1.82) is 0 Å². The minimum Gasteiger partial charge on any atom is -0.476 e. The zero-order valence-corrected chi connectivity index (χ0v) is 10.6. The van der Waals surface area contributed by atoms with Crippen molar-refractivity contribution >= 4 is 17.4 Å². The second kappa shape index (κ2) is 5.51. The lowest BCUT2D eigenvalue weighted by molar-refractivity contribution is -0.121. The summed E-state index contributed by atoms with van der Waals surface area (Å²) in [6.45, 7) is 2.14. The van der Waals surface area contributed by atoms with E-state index in [1.807, 2.05) is 6.92 Å². The molecule has 2 heterocycles. The van der Waals surface area contributed by atoms with Gasteiger partial charge < -0.3 is 14.8 Å². The molecule has 2 N–H and O–H groups in total. The molecule has 0 aromatic carbocycles. The molecule has 2 rings (SSSR count). The van der Waals surface area contributed by atoms with Crippen molar-refractivity contribution in [2.45, 2.75) is 26.3 Å². The number of carboxylic acid groups (broad SMARTS) is 1. The first-order valence-electron chi connectivity index (χ1n) is 6.09. The number of hydrogen-bond acceptors (Lipinski definition) is 3. The summed E-state index contributed by atoms with van der Waals surface area (Å²) in [4.78, 5) is 26.6. The normalized spacial score (nSPS) is 10.6. The predicted octanol–water partition coefficient (Wildman–Crippen LogP) is 1.45. The third kappa shape index (κ3) is 2.73. The molecule has 0 aliphatic heterocycles. The number of rotatable bonds is 5. The molecule has 0 atom stereocenters. The van der Waals surface area contributed by atoms with Crippen molar-refractivity contribution in [3.8, 4) is 0 Å². The number of carboxylic acids is 1. The Morgan fingerprint density at radius 3 is 2.89 bits per heavy atom. The molecule has 0 aliphatic carbocycles. The molecule has 0 unspecified atom stereocenters. The van der Waals surface area contributed by atoms with Gasteiger partial charge in [-0.1, -0.05) is 13.0 Å². The maximum atomic E-state index is 11.4. The van der Waals surface area contributed by atoms with Crippen LogP contribution in [0, 0.1) is 0 Å². The van der Waals surface area contributed by atoms with Crippen LogP contribution in [0.1, 0.15) is 36.1 Å². The smallest absolute Gasteiger partial charge is 0.356 e. The van der Waals surface area contributed by atoms with E-state index in [-0.39, 0.29) is 18.1 Å². The maximum Gasteiger partial charge on any atom is 0.356 e. The topological polar surface area (TPSA) is 83.7 Å². The summed E-state index contributed by atoms with van der Waals surface area (Å²) >= 11 is 0. The molecule has 2 aromatic heterocycles. The second-order valence-electron chi connectivity index (χ2n) is 4.16. The number of nitrogens with zero attached hydrogens (tertiary/aromatic N) is 2. The molecular formula is C13H15N3O3. The summed E-state index contributed by atoms with van der Waals surface area (Å²) < 4.78 is 1.68. The monoisotopic (exact) mass is 261 g/mol. The number of carbonyl (C=O) groups excluding carboxylic acids is 1. The molecule has 100 valence electrons. The van der Waals surface area contributed by atoms with E-state index in [9.17, 15) is 9.59 Å². The molecule has 1 amide bonds. The lowest BCUT2D eigenvalue weighted by Gasteiger charge is -2.03. The first-order valence-corrected chi connectivity index (χ1v) is 6.09. The van der Waals surface area contributed by atoms with Crippen molar-refractivity contribution in [2.24, 2.45) is 0 Å². The number of hydrogen-bond donors (Lipinski definition) is 2. The van der Waals surface area contributed by atoms with E-state index in [0.717, 1.165) is 6.42 Å². The van der Waals surface area contributed by atoms with Gasteiger partial charge in [0.05, 0.1) is 12.1 Å². The Bertz CT molecular complexity index is 619. The number of carbonyl (C=O) groups is 2. The molecule has 0 bridgehead atoms. The van der Waals surface area contributed by atoms with Crippen LogP contribution in [0.2, 0.25) is 0 Å². The Morgan fingerprint density at radius 2 is 2.21 bits per heavy atom. The first-order chi connectivity index (χ1) is 9.13. The van der Waals surface area contributed by atoms with E-state index in [1.54, 1.807) is 28.8 Å². The number of aromatic carboxylic acids is 1. The highest BCUT2D eigenvalue weighted by atomic mass is 16.4. The number of pyridine rings is 1. The van der Waals surface area contributed by atoms with Crippen molar-refractivity contribution < 1.29 is 14.7 Å². The zero-order chi connectivity index (χ0) is 13.8. The van der Waals surface area contributed by atoms with Crippen molar-refractivity contribution in [1.82, 2.24) is 14.7 Å². The molecule has 0 radical (unpaired) electrons. The molecule has 0 fully saturated rings. The largest absolute Gasteiger partial charge is 0.476 e. The zero-order valence-electron chi connectivity index (χ0n) is 10.6. The highest BCUT2D eigenvalue weighted by Crippen LogP contribution is 2.13. The fraction of sp³-hybridized carbons (Fsp3) is 0.308. The number of fused-ring (bicyclic) bond motifs is 1. The Balaban J connectivity index is 2.28. The molecule has 0 aliphatic rings. The standard InChI is InChI=1S/C13H15N3O3/c1-2-5-11(17)14-8-10-15-12(13(18)19)9-6-3-4-7-16(9)10/h3-4,6-7H,2,5,8H2,1H3,(H,14,17)(H,18,19). The van der Waals surface area contributed by atoms with E-state index in [4.69, 9.17) is 5.11 Å². The Hall–Kier alpha value is -2.37. The van der Waals surface area contributed by atoms with Gasteiger partial charge in [0, 0.05) is 12.6 Å². The minimum atomic E-state index is -1.07. The average molecular weight is 261 g/mol. The number of nitrogens with one attached hydrogen (secondary N) is 1. The first kappa shape index (κ1) is 13.1. The predicted molar refractivity (Wildman–Crippen MR) is 68.9 cm³/mol. The second-order valence-corrected chi connectivity index (χ2v) is 4.16. The van der Waals surface area contributed by atoms with Crippen molar-refractivity contribution in [2.75, 3.05) is 0 Å². The molecule has 19 heavy (non-hydrogen) atoms. The van der Waals surface area contributed by atoms with Crippen molar-refractivity contribution in [3.05, 3.63) is 35.9 Å². The van der Waals surface area contributed by atoms with Gasteiger partial charge in [0.15, 0.2) is 5.69 Å². The van der Waals surface area contributed by atoms with Gasteiger partial charge in [0.1, 0.15) is 5.82 Å². The highest BCUT2D eigenvalue weighted by molar-refractivity contribution is 5.93. The van der Waals surface area contributed by atoms with Crippen LogP contribution in [0.5, 0.6) is 0 Å². The molecule has 0 saturated carbocycles. The molecule has 2 aromatic rings. The van der Waals surface area contributed by atoms with Gasteiger partial charge in [0.2, 0.25) is 5.91 Å². The highest BCUT2D eigenvalue weighted by Gasteiger charge is 2.16. The van der Waals surface area contributed by atoms with Crippen LogP contribution in [0.4, 0.5) is 0 Å². The fourth-order valence-corrected chi connectivity index (χ4v) is 1.88. The lowest BCUT2D eigenvalue weighted by Crippen LogP contribution is -2.23. The summed E-state index contributed by atoms with van der Waals surface area (Å²) in [5, 5.41) is 11.8. The summed E-state index contributed by atoms with van der Waals surface area (Å²) in [5.41, 5.74) is 0.523. The maximum absolute atomic E-state index is 11.4. The third-order valence-electron chi connectivity index (χ3n) is 2.74. The van der Waals surface area contributed by atoms with Gasteiger partial charge in [-0.15, -0.1) is 0 Å². The van der Waals surface area contributed by atoms with E-state index in [1.165, 1.54) is 0 Å². The van der Waals surface area contributed by atoms with Gasteiger partial charge >= 0.3 is 5.97 Å². The summed E-state index contributed by atoms with van der Waals surface area (Å²) in [6, 6.07) is 5.23. The molecule has 0 saturated heterocycles. The lowest BCUT2D eigenvalue weighted by atomic mass is 10.3. The summed E-state index contributed by atoms with van der Waals surface area (Å²) in [5.74, 6) is -0.626. The quantitative estimate of drug-likeness (QED) is 0.853. The van der Waals surface area contributed by atoms with Crippen LogP contribution in [0.15, 0.2) is 24.4 Å². The van der Waals surface area contributed by atoms with E-state index in [2.05, 4.69) is 10.3 Å². The average Bonchev–Trinajstić information content (AvgIpc) is 2.76. The third-order valence-corrected chi connectivity index (χ3v) is 2.74. The van der Waals surface area contributed by atoms with Gasteiger partial charge in [-0.05, 0) is 18.6 Å². The number of imidazole rings is 1. The number of amides is 1. The van der Waals surface area contributed by atoms with Gasteiger partial charge in [-0.2, -0.15) is 0 Å². The van der Waals surface area contributed by atoms with Crippen LogP contribution in [0.25, 0.3) is 5.52 Å². The Kier molecular flexibility index (Phi) is 3.79. The summed E-state index contributed by atoms with van der Waals surface area (Å²) in [6.07, 6.45) is 2.96. The summed E-state index contributed by atoms with van der Waals surface area (Å²) in [7, 11) is 0. The van der Waals surface area contributed by atoms with Crippen LogP contribution in [-0.4, -0.2) is 26.4 Å². The van der Waals surface area contributed by atoms with E-state index >= 15 is 0 Å². The molecule has 0 spiro atoms. The molecule has 6 nitrogen and oxygen atoms in total. The van der Waals surface area contributed by atoms with Gasteiger partial charge in [-0.3, -0.25) is 4.79 Å². The Labute approximate surface area is 110 Å². The Morgan fingerprint density at radius 1 is 1.42 bits per heavy atom. The van der Waals surface area contributed by atoms with Crippen LogP contribution >= 0.6 is 0 Å². The van der Waals surface area contributed by atoms with Crippen molar-refractivity contribution in [3.63, 3.8) is 0 Å². The molecule has 6 heteroatoms. The van der Waals surface area contributed by atoms with E-state index < -0.39 is 5.97 Å². The van der Waals surface area contributed by atoms with Crippen LogP contribution < -0.4 is 5.32 Å². The van der Waals surface area contributed by atoms with Crippen LogP contribution in [0.3, 0.4) is 0 Å². The number of aromatic nitrogens is 2. The fourth-order valence-electron chi connectivity index (χ4n) is 1.88. The SMILES string of the molecule is CCCC(=O)NCc1nc(C(=O)O)c2ccccn12. The van der Waals surface area contributed by atoms with Gasteiger partial charge in [-0.25, -0.2) is 9.78 Å².